The van der Waals surface area contributed by atoms with Crippen LogP contribution in [-0.4, -0.2) is 60.3 Å². The lowest BCUT2D eigenvalue weighted by molar-refractivity contribution is -0.141. The van der Waals surface area contributed by atoms with Gasteiger partial charge in [0.15, 0.2) is 11.2 Å². The number of carbonyl (C=O) groups excluding carboxylic acids is 1. The first kappa shape index (κ1) is 24.9. The molecular formula is C27H30N8O4. The highest BCUT2D eigenvalue weighted by Gasteiger charge is 2.27. The molecule has 4 aromatic heterocycles. The van der Waals surface area contributed by atoms with Crippen molar-refractivity contribution in [2.75, 3.05) is 25.1 Å². The predicted octanol–water partition coefficient (Wildman–Crippen LogP) is 1.33. The van der Waals surface area contributed by atoms with Crippen LogP contribution in [0.3, 0.4) is 0 Å². The van der Waals surface area contributed by atoms with Crippen LogP contribution in [0.1, 0.15) is 25.5 Å². The first-order chi connectivity index (χ1) is 18.9. The van der Waals surface area contributed by atoms with Crippen LogP contribution in [0.4, 0.5) is 5.95 Å². The van der Waals surface area contributed by atoms with Crippen molar-refractivity contribution in [3.8, 4) is 0 Å². The van der Waals surface area contributed by atoms with E-state index in [4.69, 9.17) is 15.5 Å². The van der Waals surface area contributed by atoms with Crippen LogP contribution >= 0.6 is 0 Å². The SMILES string of the molecule is CCn1c(N2CCCC(N)C2)nc2c1c(=O)n(Cc1cn3c(ccc4ccccc43)n1)c(=O)n2CC(=O)OC. The number of rotatable bonds is 6. The Bertz CT molecular complexity index is 1850. The van der Waals surface area contributed by atoms with E-state index in [0.717, 1.165) is 34.9 Å². The molecule has 0 radical (unpaired) electrons. The Morgan fingerprint density at radius 2 is 1.92 bits per heavy atom. The Morgan fingerprint density at radius 1 is 1.10 bits per heavy atom. The number of hydrogen-bond acceptors (Lipinski definition) is 8. The van der Waals surface area contributed by atoms with Crippen LogP contribution in [-0.2, 0) is 29.2 Å². The molecule has 1 saturated heterocycles. The Kier molecular flexibility index (Phi) is 6.18. The number of benzene rings is 1. The zero-order valence-corrected chi connectivity index (χ0v) is 21.9. The molecule has 1 unspecified atom stereocenters. The van der Waals surface area contributed by atoms with Crippen molar-refractivity contribution >= 4 is 39.6 Å². The van der Waals surface area contributed by atoms with Gasteiger partial charge in [-0.25, -0.2) is 9.78 Å². The first-order valence-corrected chi connectivity index (χ1v) is 13.1. The first-order valence-electron chi connectivity index (χ1n) is 13.1. The van der Waals surface area contributed by atoms with E-state index in [1.807, 2.05) is 58.8 Å². The van der Waals surface area contributed by atoms with E-state index in [2.05, 4.69) is 4.98 Å². The van der Waals surface area contributed by atoms with Gasteiger partial charge in [0.05, 0.1) is 24.9 Å². The molecule has 202 valence electrons. The molecule has 5 heterocycles. The zero-order chi connectivity index (χ0) is 27.3. The molecule has 39 heavy (non-hydrogen) atoms. The molecule has 1 aliphatic heterocycles. The quantitative estimate of drug-likeness (QED) is 0.325. The van der Waals surface area contributed by atoms with Crippen molar-refractivity contribution in [1.29, 1.82) is 0 Å². The largest absolute Gasteiger partial charge is 0.468 e. The third-order valence-electron chi connectivity index (χ3n) is 7.38. The number of aryl methyl sites for hydroxylation is 1. The standard InChI is InChI=1S/C27H30N8O4/c1-3-32-23-24(30-26(32)31-12-6-8-18(28)13-31)34(16-22(36)39-2)27(38)35(25(23)37)15-19-14-33-20-9-5-4-7-17(20)10-11-21(33)29-19/h4-5,7,9-11,14,18H,3,6,8,12-13,15-16,28H2,1-2H3. The monoisotopic (exact) mass is 530 g/mol. The van der Waals surface area contributed by atoms with Crippen LogP contribution in [0.15, 0.2) is 52.2 Å². The normalized spacial score (nSPS) is 16.0. The molecule has 0 bridgehead atoms. The van der Waals surface area contributed by atoms with E-state index in [1.165, 1.54) is 11.7 Å². The summed E-state index contributed by atoms with van der Waals surface area (Å²) in [7, 11) is 1.26. The summed E-state index contributed by atoms with van der Waals surface area (Å²) in [6.07, 6.45) is 3.64. The van der Waals surface area contributed by atoms with E-state index in [-0.39, 0.29) is 30.3 Å². The molecule has 0 saturated carbocycles. The molecule has 6 rings (SSSR count). The van der Waals surface area contributed by atoms with Gasteiger partial charge in [0.1, 0.15) is 12.2 Å². The lowest BCUT2D eigenvalue weighted by atomic mass is 10.1. The molecular weight excluding hydrogens is 500 g/mol. The number of aromatic nitrogens is 6. The van der Waals surface area contributed by atoms with Gasteiger partial charge in [-0.05, 0) is 43.4 Å². The molecule has 5 aromatic rings. The summed E-state index contributed by atoms with van der Waals surface area (Å²) >= 11 is 0. The average Bonchev–Trinajstić information content (AvgIpc) is 3.55. The fourth-order valence-corrected chi connectivity index (χ4v) is 5.49. The molecule has 0 aliphatic carbocycles. The maximum atomic E-state index is 13.9. The highest BCUT2D eigenvalue weighted by Crippen LogP contribution is 2.23. The second-order valence-corrected chi connectivity index (χ2v) is 9.87. The molecule has 12 heteroatoms. The summed E-state index contributed by atoms with van der Waals surface area (Å²) in [5.41, 5.74) is 7.71. The Morgan fingerprint density at radius 3 is 2.69 bits per heavy atom. The minimum absolute atomic E-state index is 0.0103. The zero-order valence-electron chi connectivity index (χ0n) is 21.9. The fourth-order valence-electron chi connectivity index (χ4n) is 5.49. The number of pyridine rings is 1. The molecule has 1 aliphatic rings. The highest BCUT2D eigenvalue weighted by molar-refractivity contribution is 5.82. The predicted molar refractivity (Wildman–Crippen MR) is 147 cm³/mol. The number of hydrogen-bond donors (Lipinski definition) is 1. The summed E-state index contributed by atoms with van der Waals surface area (Å²) in [6, 6.07) is 11.8. The number of methoxy groups -OCH3 is 1. The second-order valence-electron chi connectivity index (χ2n) is 9.87. The molecule has 1 aromatic carbocycles. The van der Waals surface area contributed by atoms with Gasteiger partial charge >= 0.3 is 11.7 Å². The molecule has 1 fully saturated rings. The van der Waals surface area contributed by atoms with Crippen LogP contribution in [0.25, 0.3) is 27.7 Å². The van der Waals surface area contributed by atoms with E-state index in [9.17, 15) is 14.4 Å². The van der Waals surface area contributed by atoms with Gasteiger partial charge in [-0.2, -0.15) is 4.98 Å². The summed E-state index contributed by atoms with van der Waals surface area (Å²) in [4.78, 5) is 51.4. The van der Waals surface area contributed by atoms with Crippen LogP contribution in [0, 0.1) is 0 Å². The average molecular weight is 531 g/mol. The van der Waals surface area contributed by atoms with Crippen molar-refractivity contribution in [1.82, 2.24) is 28.1 Å². The van der Waals surface area contributed by atoms with Crippen LogP contribution in [0.5, 0.6) is 0 Å². The van der Waals surface area contributed by atoms with E-state index >= 15 is 0 Å². The number of piperidine rings is 1. The van der Waals surface area contributed by atoms with E-state index < -0.39 is 17.2 Å². The lowest BCUT2D eigenvalue weighted by Crippen LogP contribution is -2.44. The van der Waals surface area contributed by atoms with Gasteiger partial charge in [-0.15, -0.1) is 0 Å². The van der Waals surface area contributed by atoms with Crippen LogP contribution < -0.4 is 21.9 Å². The Hall–Kier alpha value is -4.45. The Balaban J connectivity index is 1.54. The topological polar surface area (TPSA) is 135 Å². The number of esters is 1. The molecule has 0 amide bonds. The molecule has 12 nitrogen and oxygen atoms in total. The van der Waals surface area contributed by atoms with Crippen molar-refractivity contribution in [3.05, 3.63) is 69.1 Å². The van der Waals surface area contributed by atoms with Gasteiger partial charge < -0.3 is 19.9 Å². The van der Waals surface area contributed by atoms with Gasteiger partial charge in [0, 0.05) is 31.9 Å². The van der Waals surface area contributed by atoms with Gasteiger partial charge in [-0.1, -0.05) is 18.2 Å². The lowest BCUT2D eigenvalue weighted by Gasteiger charge is -2.31. The van der Waals surface area contributed by atoms with Crippen molar-refractivity contribution < 1.29 is 9.53 Å². The van der Waals surface area contributed by atoms with Crippen molar-refractivity contribution in [3.63, 3.8) is 0 Å². The minimum Gasteiger partial charge on any atom is -0.468 e. The van der Waals surface area contributed by atoms with E-state index in [1.54, 1.807) is 4.57 Å². The number of nitrogens with zero attached hydrogens (tertiary/aromatic N) is 7. The number of imidazole rings is 2. The van der Waals surface area contributed by atoms with Gasteiger partial charge in [-0.3, -0.25) is 23.1 Å². The summed E-state index contributed by atoms with van der Waals surface area (Å²) in [6.45, 7) is 3.26. The summed E-state index contributed by atoms with van der Waals surface area (Å²) in [5.74, 6) is -0.0508. The highest BCUT2D eigenvalue weighted by atomic mass is 16.5. The van der Waals surface area contributed by atoms with E-state index in [0.29, 0.717) is 30.4 Å². The molecule has 1 atom stereocenters. The number of carbonyl (C=O) groups is 1. The smallest absolute Gasteiger partial charge is 0.333 e. The number of nitrogens with two attached hydrogens (primary N) is 1. The van der Waals surface area contributed by atoms with Crippen molar-refractivity contribution in [2.45, 2.75) is 45.4 Å². The van der Waals surface area contributed by atoms with Crippen molar-refractivity contribution in [2.24, 2.45) is 5.73 Å². The molecule has 0 spiro atoms. The molecule has 2 N–H and O–H groups in total. The second kappa shape index (κ2) is 9.70. The fraction of sp³-hybridized carbons (Fsp3) is 0.370. The van der Waals surface area contributed by atoms with Crippen LogP contribution in [0.2, 0.25) is 0 Å². The van der Waals surface area contributed by atoms with Gasteiger partial charge in [0.2, 0.25) is 5.95 Å². The summed E-state index contributed by atoms with van der Waals surface area (Å²) in [5, 5.41) is 1.05. The maximum absolute atomic E-state index is 13.9. The number of anilines is 1. The Labute approximate surface area is 222 Å². The number of para-hydroxylation sites is 1. The minimum atomic E-state index is -0.650. The number of ether oxygens (including phenoxy) is 1. The maximum Gasteiger partial charge on any atom is 0.333 e. The summed E-state index contributed by atoms with van der Waals surface area (Å²) < 4.78 is 10.9. The third-order valence-corrected chi connectivity index (χ3v) is 7.38. The third kappa shape index (κ3) is 4.16. The number of fused-ring (bicyclic) bond motifs is 4. The van der Waals surface area contributed by atoms with Gasteiger partial charge in [0.25, 0.3) is 5.56 Å².